The molecule has 0 fully saturated rings. The molecule has 0 saturated carbocycles. The second-order valence-corrected chi connectivity index (χ2v) is 5.56. The van der Waals surface area contributed by atoms with Crippen molar-refractivity contribution < 1.29 is 4.52 Å². The van der Waals surface area contributed by atoms with Gasteiger partial charge in [0.25, 0.3) is 5.89 Å². The zero-order chi connectivity index (χ0) is 13.4. The van der Waals surface area contributed by atoms with E-state index in [1.54, 1.807) is 6.20 Å². The van der Waals surface area contributed by atoms with Gasteiger partial charge in [-0.2, -0.15) is 4.98 Å². The Hall–Kier alpha value is -2.21. The van der Waals surface area contributed by atoms with Crippen LogP contribution in [-0.4, -0.2) is 15.1 Å². The molecule has 3 aromatic heterocycles. The fraction of sp³-hybridized carbons (Fsp3) is 0.154. The lowest BCUT2D eigenvalue weighted by Crippen LogP contribution is -1.87. The van der Waals surface area contributed by atoms with E-state index in [0.717, 1.165) is 16.0 Å². The standard InChI is InChI=1S/C13H12N4OS/c1-7-3-4-15-10(5-7)12-16-13(18-17-12)9-6-8(2)19-11(9)14/h3-6H,14H2,1-2H3. The highest BCUT2D eigenvalue weighted by molar-refractivity contribution is 7.16. The second-order valence-electron chi connectivity index (χ2n) is 4.28. The average Bonchev–Trinajstić information content (AvgIpc) is 2.96. The lowest BCUT2D eigenvalue weighted by atomic mass is 10.2. The molecule has 0 aliphatic carbocycles. The normalized spacial score (nSPS) is 10.8. The fourth-order valence-corrected chi connectivity index (χ4v) is 2.57. The molecule has 0 bridgehead atoms. The van der Waals surface area contributed by atoms with E-state index in [1.165, 1.54) is 11.3 Å². The van der Waals surface area contributed by atoms with Gasteiger partial charge in [-0.1, -0.05) is 5.16 Å². The van der Waals surface area contributed by atoms with Crippen molar-refractivity contribution in [3.8, 4) is 23.0 Å². The molecule has 0 saturated heterocycles. The van der Waals surface area contributed by atoms with Gasteiger partial charge in [-0.25, -0.2) is 0 Å². The van der Waals surface area contributed by atoms with Crippen molar-refractivity contribution >= 4 is 16.3 Å². The van der Waals surface area contributed by atoms with Gasteiger partial charge in [-0.15, -0.1) is 11.3 Å². The summed E-state index contributed by atoms with van der Waals surface area (Å²) in [5.74, 6) is 0.905. The summed E-state index contributed by atoms with van der Waals surface area (Å²) >= 11 is 1.51. The highest BCUT2D eigenvalue weighted by Crippen LogP contribution is 2.33. The van der Waals surface area contributed by atoms with Crippen LogP contribution < -0.4 is 5.73 Å². The predicted octanol–water partition coefficient (Wildman–Crippen LogP) is 3.06. The fourth-order valence-electron chi connectivity index (χ4n) is 1.79. The van der Waals surface area contributed by atoms with Crippen LogP contribution in [0.1, 0.15) is 10.4 Å². The van der Waals surface area contributed by atoms with Crippen molar-refractivity contribution in [2.45, 2.75) is 13.8 Å². The topological polar surface area (TPSA) is 77.8 Å². The van der Waals surface area contributed by atoms with Crippen LogP contribution in [0.2, 0.25) is 0 Å². The monoisotopic (exact) mass is 272 g/mol. The van der Waals surface area contributed by atoms with Gasteiger partial charge in [-0.3, -0.25) is 4.98 Å². The molecule has 3 heterocycles. The molecule has 3 rings (SSSR count). The summed E-state index contributed by atoms with van der Waals surface area (Å²) in [5, 5.41) is 4.64. The zero-order valence-electron chi connectivity index (χ0n) is 10.5. The van der Waals surface area contributed by atoms with Crippen molar-refractivity contribution in [1.82, 2.24) is 15.1 Å². The minimum absolute atomic E-state index is 0.431. The number of aromatic nitrogens is 3. The Morgan fingerprint density at radius 1 is 1.26 bits per heavy atom. The molecule has 96 valence electrons. The van der Waals surface area contributed by atoms with Gasteiger partial charge < -0.3 is 10.3 Å². The highest BCUT2D eigenvalue weighted by Gasteiger charge is 2.15. The molecule has 3 aromatic rings. The lowest BCUT2D eigenvalue weighted by molar-refractivity contribution is 0.432. The van der Waals surface area contributed by atoms with Crippen molar-refractivity contribution in [3.05, 3.63) is 34.8 Å². The van der Waals surface area contributed by atoms with Gasteiger partial charge in [0.1, 0.15) is 5.69 Å². The smallest absolute Gasteiger partial charge is 0.261 e. The number of hydrogen-bond acceptors (Lipinski definition) is 6. The number of rotatable bonds is 2. The third-order valence-corrected chi connectivity index (χ3v) is 3.56. The minimum Gasteiger partial charge on any atom is -0.390 e. The van der Waals surface area contributed by atoms with Crippen molar-refractivity contribution in [2.24, 2.45) is 0 Å². The van der Waals surface area contributed by atoms with Gasteiger partial charge in [-0.05, 0) is 37.6 Å². The third-order valence-electron chi connectivity index (χ3n) is 2.68. The molecule has 0 amide bonds. The number of pyridine rings is 1. The second kappa shape index (κ2) is 4.47. The van der Waals surface area contributed by atoms with E-state index in [0.29, 0.717) is 22.4 Å². The van der Waals surface area contributed by atoms with Crippen LogP contribution in [0.3, 0.4) is 0 Å². The SMILES string of the molecule is Cc1ccnc(-c2noc(-c3cc(C)sc3N)n2)c1. The van der Waals surface area contributed by atoms with Crippen LogP contribution in [0, 0.1) is 13.8 Å². The molecule has 19 heavy (non-hydrogen) atoms. The molecule has 0 aliphatic rings. The van der Waals surface area contributed by atoms with Crippen molar-refractivity contribution in [3.63, 3.8) is 0 Å². The summed E-state index contributed by atoms with van der Waals surface area (Å²) in [6, 6.07) is 5.78. The molecule has 2 N–H and O–H groups in total. The Balaban J connectivity index is 2.02. The van der Waals surface area contributed by atoms with Crippen LogP contribution in [0.25, 0.3) is 23.0 Å². The molecule has 0 aliphatic heterocycles. The van der Waals surface area contributed by atoms with E-state index in [1.807, 2.05) is 32.0 Å². The van der Waals surface area contributed by atoms with E-state index in [9.17, 15) is 0 Å². The van der Waals surface area contributed by atoms with Gasteiger partial charge in [0.05, 0.1) is 10.6 Å². The quantitative estimate of drug-likeness (QED) is 0.775. The summed E-state index contributed by atoms with van der Waals surface area (Å²) in [7, 11) is 0. The van der Waals surface area contributed by atoms with Crippen molar-refractivity contribution in [1.29, 1.82) is 0 Å². The predicted molar refractivity (Wildman–Crippen MR) is 74.7 cm³/mol. The number of nitrogens with two attached hydrogens (primary N) is 1. The Bertz CT molecular complexity index is 732. The summed E-state index contributed by atoms with van der Waals surface area (Å²) in [6.07, 6.45) is 1.73. The first-order valence-electron chi connectivity index (χ1n) is 5.76. The number of nitrogens with zero attached hydrogens (tertiary/aromatic N) is 3. The van der Waals surface area contributed by atoms with Crippen LogP contribution in [0.15, 0.2) is 28.9 Å². The first-order chi connectivity index (χ1) is 9.13. The number of anilines is 1. The van der Waals surface area contributed by atoms with E-state index in [2.05, 4.69) is 15.1 Å². The highest BCUT2D eigenvalue weighted by atomic mass is 32.1. The first kappa shape index (κ1) is 11.9. The summed E-state index contributed by atoms with van der Waals surface area (Å²) in [6.45, 7) is 3.98. The van der Waals surface area contributed by atoms with Gasteiger partial charge >= 0.3 is 0 Å². The maximum absolute atomic E-state index is 5.92. The average molecular weight is 272 g/mol. The van der Waals surface area contributed by atoms with Crippen LogP contribution in [-0.2, 0) is 0 Å². The molecule has 0 unspecified atom stereocenters. The third kappa shape index (κ3) is 2.22. The Kier molecular flexibility index (Phi) is 2.79. The molecule has 0 atom stereocenters. The number of aryl methyl sites for hydroxylation is 2. The molecule has 5 nitrogen and oxygen atoms in total. The Labute approximate surface area is 114 Å². The summed E-state index contributed by atoms with van der Waals surface area (Å²) in [4.78, 5) is 9.70. The van der Waals surface area contributed by atoms with Crippen LogP contribution >= 0.6 is 11.3 Å². The number of thiophene rings is 1. The van der Waals surface area contributed by atoms with Gasteiger partial charge in [0.2, 0.25) is 5.82 Å². The van der Waals surface area contributed by atoms with E-state index in [4.69, 9.17) is 10.3 Å². The van der Waals surface area contributed by atoms with Crippen LogP contribution in [0.4, 0.5) is 5.00 Å². The molecule has 0 radical (unpaired) electrons. The maximum atomic E-state index is 5.92. The van der Waals surface area contributed by atoms with E-state index < -0.39 is 0 Å². The molecular weight excluding hydrogens is 260 g/mol. The van der Waals surface area contributed by atoms with E-state index >= 15 is 0 Å². The molecule has 0 spiro atoms. The van der Waals surface area contributed by atoms with Gasteiger partial charge in [0, 0.05) is 11.1 Å². The summed E-state index contributed by atoms with van der Waals surface area (Å²) in [5.41, 5.74) is 8.50. The zero-order valence-corrected chi connectivity index (χ0v) is 11.4. The van der Waals surface area contributed by atoms with Crippen molar-refractivity contribution in [2.75, 3.05) is 5.73 Å². The summed E-state index contributed by atoms with van der Waals surface area (Å²) < 4.78 is 5.26. The number of nitrogen functional groups attached to an aromatic ring is 1. The van der Waals surface area contributed by atoms with Crippen LogP contribution in [0.5, 0.6) is 0 Å². The maximum Gasteiger partial charge on any atom is 0.261 e. The molecule has 0 aromatic carbocycles. The first-order valence-corrected chi connectivity index (χ1v) is 6.58. The van der Waals surface area contributed by atoms with E-state index in [-0.39, 0.29) is 0 Å². The number of hydrogen-bond donors (Lipinski definition) is 1. The Morgan fingerprint density at radius 2 is 2.11 bits per heavy atom. The molecular formula is C13H12N4OS. The lowest BCUT2D eigenvalue weighted by Gasteiger charge is -1.94. The van der Waals surface area contributed by atoms with Gasteiger partial charge in [0.15, 0.2) is 0 Å². The Morgan fingerprint density at radius 3 is 2.79 bits per heavy atom. The molecule has 6 heteroatoms. The minimum atomic E-state index is 0.431. The largest absolute Gasteiger partial charge is 0.390 e.